The van der Waals surface area contributed by atoms with E-state index in [0.717, 1.165) is 47.2 Å². The average Bonchev–Trinajstić information content (AvgIpc) is 2.52. The highest BCUT2D eigenvalue weighted by Gasteiger charge is 2.38. The van der Waals surface area contributed by atoms with Gasteiger partial charge in [0.1, 0.15) is 11.3 Å². The lowest BCUT2D eigenvalue weighted by Crippen LogP contribution is -2.41. The maximum atomic E-state index is 10.4. The van der Waals surface area contributed by atoms with E-state index < -0.39 is 5.60 Å². The van der Waals surface area contributed by atoms with Crippen molar-refractivity contribution in [3.05, 3.63) is 47.3 Å². The van der Waals surface area contributed by atoms with Crippen LogP contribution < -0.4 is 0 Å². The molecule has 0 amide bonds. The van der Waals surface area contributed by atoms with Gasteiger partial charge in [-0.05, 0) is 75.3 Å². The molecule has 26 heavy (non-hydrogen) atoms. The normalized spacial score (nSPS) is 22.4. The van der Waals surface area contributed by atoms with Crippen molar-refractivity contribution in [1.82, 2.24) is 15.0 Å². The fourth-order valence-electron chi connectivity index (χ4n) is 4.07. The molecule has 2 aromatic heterocycles. The van der Waals surface area contributed by atoms with E-state index in [0.29, 0.717) is 17.3 Å². The van der Waals surface area contributed by atoms with Crippen molar-refractivity contribution in [1.29, 1.82) is 0 Å². The number of fused-ring (bicyclic) bond motifs is 1. The van der Waals surface area contributed by atoms with Gasteiger partial charge in [-0.3, -0.25) is 4.98 Å². The second-order valence-electron chi connectivity index (χ2n) is 7.85. The number of phenolic OH excluding ortho intramolecular Hbond substituents is 1. The van der Waals surface area contributed by atoms with Crippen LogP contribution in [0.25, 0.3) is 22.4 Å². The van der Waals surface area contributed by atoms with Crippen LogP contribution in [0.5, 0.6) is 5.75 Å². The molecule has 0 aliphatic heterocycles. The standard InChI is InChI=1S/C21H23N3O2/c1-12-6-13(2)19(18(25)7-12)16-4-5-17-20(24-16)23-15(11-22-17)8-14-9-21(3,26)10-14/h4-7,11,14,25-26H,8-10H2,1-3H3. The van der Waals surface area contributed by atoms with Crippen LogP contribution in [0.3, 0.4) is 0 Å². The van der Waals surface area contributed by atoms with Gasteiger partial charge < -0.3 is 10.2 Å². The Morgan fingerprint density at radius 1 is 1.15 bits per heavy atom. The van der Waals surface area contributed by atoms with Crippen LogP contribution in [0, 0.1) is 19.8 Å². The Morgan fingerprint density at radius 3 is 2.62 bits per heavy atom. The van der Waals surface area contributed by atoms with E-state index in [-0.39, 0.29) is 5.75 Å². The van der Waals surface area contributed by atoms with Crippen molar-refractivity contribution in [2.24, 2.45) is 5.92 Å². The van der Waals surface area contributed by atoms with Crippen LogP contribution in [0.4, 0.5) is 0 Å². The first-order valence-corrected chi connectivity index (χ1v) is 8.96. The van der Waals surface area contributed by atoms with Crippen molar-refractivity contribution in [2.75, 3.05) is 0 Å². The highest BCUT2D eigenvalue weighted by Crippen LogP contribution is 2.39. The van der Waals surface area contributed by atoms with E-state index in [1.807, 2.05) is 39.0 Å². The maximum absolute atomic E-state index is 10.4. The molecular weight excluding hydrogens is 326 g/mol. The first-order valence-electron chi connectivity index (χ1n) is 8.96. The molecular formula is C21H23N3O2. The summed E-state index contributed by atoms with van der Waals surface area (Å²) in [6.45, 7) is 5.80. The number of hydrogen-bond acceptors (Lipinski definition) is 5. The minimum atomic E-state index is -0.527. The SMILES string of the molecule is Cc1cc(C)c(-c2ccc3ncc(CC4CC(C)(O)C4)nc3n2)c(O)c1. The topological polar surface area (TPSA) is 79.1 Å². The number of phenols is 1. The zero-order valence-corrected chi connectivity index (χ0v) is 15.3. The van der Waals surface area contributed by atoms with Gasteiger partial charge in [-0.25, -0.2) is 9.97 Å². The van der Waals surface area contributed by atoms with Gasteiger partial charge in [0.05, 0.1) is 17.0 Å². The summed E-state index contributed by atoms with van der Waals surface area (Å²) in [5, 5.41) is 20.3. The van der Waals surface area contributed by atoms with Gasteiger partial charge >= 0.3 is 0 Å². The summed E-state index contributed by atoms with van der Waals surface area (Å²) in [5.74, 6) is 0.679. The predicted molar refractivity (Wildman–Crippen MR) is 101 cm³/mol. The molecule has 0 saturated heterocycles. The Bertz CT molecular complexity index is 967. The molecule has 0 spiro atoms. The van der Waals surface area contributed by atoms with E-state index in [9.17, 15) is 10.2 Å². The third kappa shape index (κ3) is 3.15. The molecule has 1 aliphatic rings. The van der Waals surface area contributed by atoms with Gasteiger partial charge in [-0.15, -0.1) is 0 Å². The number of rotatable bonds is 3. The molecule has 4 rings (SSSR count). The minimum absolute atomic E-state index is 0.232. The lowest BCUT2D eigenvalue weighted by Gasteiger charge is -2.40. The molecule has 1 saturated carbocycles. The quantitative estimate of drug-likeness (QED) is 0.753. The third-order valence-electron chi connectivity index (χ3n) is 5.13. The van der Waals surface area contributed by atoms with E-state index in [2.05, 4.69) is 15.0 Å². The highest BCUT2D eigenvalue weighted by atomic mass is 16.3. The Kier molecular flexibility index (Phi) is 3.92. The van der Waals surface area contributed by atoms with Crippen molar-refractivity contribution in [2.45, 2.75) is 45.6 Å². The lowest BCUT2D eigenvalue weighted by molar-refractivity contribution is -0.0567. The molecule has 1 aromatic carbocycles. The van der Waals surface area contributed by atoms with Gasteiger partial charge in [-0.2, -0.15) is 0 Å². The smallest absolute Gasteiger partial charge is 0.179 e. The average molecular weight is 349 g/mol. The Morgan fingerprint density at radius 2 is 1.92 bits per heavy atom. The third-order valence-corrected chi connectivity index (χ3v) is 5.13. The van der Waals surface area contributed by atoms with E-state index >= 15 is 0 Å². The first kappa shape index (κ1) is 16.9. The number of aryl methyl sites for hydroxylation is 2. The summed E-state index contributed by atoms with van der Waals surface area (Å²) in [4.78, 5) is 13.8. The molecule has 134 valence electrons. The number of aromatic nitrogens is 3. The van der Waals surface area contributed by atoms with Crippen LogP contribution >= 0.6 is 0 Å². The molecule has 1 fully saturated rings. The fraction of sp³-hybridized carbons (Fsp3) is 0.381. The first-order chi connectivity index (χ1) is 12.3. The van der Waals surface area contributed by atoms with E-state index in [1.54, 1.807) is 12.3 Å². The summed E-state index contributed by atoms with van der Waals surface area (Å²) >= 11 is 0. The van der Waals surface area contributed by atoms with Crippen LogP contribution in [0.15, 0.2) is 30.5 Å². The number of nitrogens with zero attached hydrogens (tertiary/aromatic N) is 3. The summed E-state index contributed by atoms with van der Waals surface area (Å²) in [6.07, 6.45) is 4.21. The van der Waals surface area contributed by atoms with Crippen molar-refractivity contribution < 1.29 is 10.2 Å². The van der Waals surface area contributed by atoms with Crippen molar-refractivity contribution in [3.63, 3.8) is 0 Å². The Hall–Kier alpha value is -2.53. The van der Waals surface area contributed by atoms with E-state index in [4.69, 9.17) is 0 Å². The van der Waals surface area contributed by atoms with Crippen LogP contribution in [-0.2, 0) is 6.42 Å². The summed E-state index contributed by atoms with van der Waals surface area (Å²) in [5.41, 5.74) is 5.13. The largest absolute Gasteiger partial charge is 0.507 e. The molecule has 2 N–H and O–H groups in total. The van der Waals surface area contributed by atoms with Crippen LogP contribution in [-0.4, -0.2) is 30.8 Å². The number of aliphatic hydroxyl groups is 1. The van der Waals surface area contributed by atoms with Crippen molar-refractivity contribution in [3.8, 4) is 17.0 Å². The molecule has 0 atom stereocenters. The highest BCUT2D eigenvalue weighted by molar-refractivity contribution is 5.78. The van der Waals surface area contributed by atoms with Crippen LogP contribution in [0.1, 0.15) is 36.6 Å². The molecule has 5 heteroatoms. The van der Waals surface area contributed by atoms with Gasteiger partial charge in [-0.1, -0.05) is 6.07 Å². The van der Waals surface area contributed by atoms with Crippen molar-refractivity contribution >= 4 is 11.2 Å². The molecule has 2 heterocycles. The monoisotopic (exact) mass is 349 g/mol. The zero-order valence-electron chi connectivity index (χ0n) is 15.3. The van der Waals surface area contributed by atoms with E-state index in [1.165, 1.54) is 0 Å². The summed E-state index contributed by atoms with van der Waals surface area (Å²) in [6, 6.07) is 7.54. The maximum Gasteiger partial charge on any atom is 0.179 e. The fourth-order valence-corrected chi connectivity index (χ4v) is 4.07. The van der Waals surface area contributed by atoms with Gasteiger partial charge in [0.25, 0.3) is 0 Å². The van der Waals surface area contributed by atoms with Gasteiger partial charge in [0, 0.05) is 11.8 Å². The molecule has 3 aromatic rings. The minimum Gasteiger partial charge on any atom is -0.507 e. The van der Waals surface area contributed by atoms with Gasteiger partial charge in [0.2, 0.25) is 0 Å². The second kappa shape index (κ2) is 6.02. The number of benzene rings is 1. The second-order valence-corrected chi connectivity index (χ2v) is 7.85. The zero-order chi connectivity index (χ0) is 18.5. The van der Waals surface area contributed by atoms with Crippen LogP contribution in [0.2, 0.25) is 0 Å². The molecule has 0 unspecified atom stereocenters. The predicted octanol–water partition coefficient (Wildman–Crippen LogP) is 3.72. The molecule has 5 nitrogen and oxygen atoms in total. The lowest BCUT2D eigenvalue weighted by atomic mass is 9.70. The Balaban J connectivity index is 1.68. The summed E-state index contributed by atoms with van der Waals surface area (Å²) in [7, 11) is 0. The molecule has 1 aliphatic carbocycles. The summed E-state index contributed by atoms with van der Waals surface area (Å²) < 4.78 is 0. The van der Waals surface area contributed by atoms with Gasteiger partial charge in [0.15, 0.2) is 5.65 Å². The number of aromatic hydroxyl groups is 1. The molecule has 0 radical (unpaired) electrons. The Labute approximate surface area is 152 Å². The number of hydrogen-bond donors (Lipinski definition) is 2. The molecule has 0 bridgehead atoms. The number of pyridine rings is 1.